The zero-order valence-electron chi connectivity index (χ0n) is 12.2. The second-order valence-corrected chi connectivity index (χ2v) is 5.50. The van der Waals surface area contributed by atoms with E-state index in [4.69, 9.17) is 23.2 Å². The van der Waals surface area contributed by atoms with Crippen LogP contribution >= 0.6 is 23.2 Å². The lowest BCUT2D eigenvalue weighted by Crippen LogP contribution is -2.20. The molecular weight excluding hydrogens is 339 g/mol. The third kappa shape index (κ3) is 3.94. The van der Waals surface area contributed by atoms with Gasteiger partial charge in [0.1, 0.15) is 11.5 Å². The maximum Gasteiger partial charge on any atom is 0.275 e. The molecule has 0 aliphatic rings. The van der Waals surface area contributed by atoms with Crippen molar-refractivity contribution in [2.45, 2.75) is 13.3 Å². The minimum atomic E-state index is -0.568. The second kappa shape index (κ2) is 7.35. The number of halogens is 2. The number of benzene rings is 2. The van der Waals surface area contributed by atoms with E-state index < -0.39 is 5.91 Å². The lowest BCUT2D eigenvalue weighted by Gasteiger charge is -2.09. The first-order valence-electron chi connectivity index (χ1n) is 6.77. The Morgan fingerprint density at radius 1 is 1.17 bits per heavy atom. The molecule has 2 rings (SSSR count). The van der Waals surface area contributed by atoms with Crippen molar-refractivity contribution in [1.29, 1.82) is 0 Å². The number of phenols is 2. The summed E-state index contributed by atoms with van der Waals surface area (Å²) in [6, 6.07) is 9.04. The summed E-state index contributed by atoms with van der Waals surface area (Å²) < 4.78 is 0. The van der Waals surface area contributed by atoms with Crippen LogP contribution in [-0.4, -0.2) is 21.8 Å². The van der Waals surface area contributed by atoms with E-state index in [1.165, 1.54) is 24.3 Å². The van der Waals surface area contributed by atoms with Crippen LogP contribution < -0.4 is 5.43 Å². The van der Waals surface area contributed by atoms with E-state index in [1.54, 1.807) is 19.1 Å². The summed E-state index contributed by atoms with van der Waals surface area (Å²) in [7, 11) is 0. The Hall–Kier alpha value is -2.24. The zero-order chi connectivity index (χ0) is 17.0. The van der Waals surface area contributed by atoms with Gasteiger partial charge in [-0.05, 0) is 30.7 Å². The minimum Gasteiger partial charge on any atom is -0.507 e. The van der Waals surface area contributed by atoms with Gasteiger partial charge in [0.25, 0.3) is 5.91 Å². The van der Waals surface area contributed by atoms with E-state index in [9.17, 15) is 15.0 Å². The van der Waals surface area contributed by atoms with Crippen molar-refractivity contribution < 1.29 is 15.0 Å². The molecule has 0 radical (unpaired) electrons. The average Bonchev–Trinajstić information content (AvgIpc) is 2.52. The van der Waals surface area contributed by atoms with E-state index in [0.717, 1.165) is 0 Å². The molecule has 0 aromatic heterocycles. The minimum absolute atomic E-state index is 0.0973. The van der Waals surface area contributed by atoms with Gasteiger partial charge in [-0.3, -0.25) is 4.79 Å². The number of hydrogen-bond acceptors (Lipinski definition) is 4. The number of rotatable bonds is 4. The monoisotopic (exact) mass is 352 g/mol. The number of aromatic hydroxyl groups is 2. The molecule has 2 aromatic carbocycles. The lowest BCUT2D eigenvalue weighted by molar-refractivity contribution is 0.0952. The molecule has 23 heavy (non-hydrogen) atoms. The summed E-state index contributed by atoms with van der Waals surface area (Å²) in [5, 5.41) is 24.1. The first kappa shape index (κ1) is 17.1. The van der Waals surface area contributed by atoms with E-state index >= 15 is 0 Å². The Morgan fingerprint density at radius 2 is 1.87 bits per heavy atom. The highest BCUT2D eigenvalue weighted by atomic mass is 35.5. The molecule has 0 aliphatic heterocycles. The van der Waals surface area contributed by atoms with E-state index in [-0.39, 0.29) is 22.1 Å². The predicted octanol–water partition coefficient (Wildman–Crippen LogP) is 3.95. The topological polar surface area (TPSA) is 81.9 Å². The van der Waals surface area contributed by atoms with Gasteiger partial charge >= 0.3 is 0 Å². The van der Waals surface area contributed by atoms with Crippen molar-refractivity contribution in [3.05, 3.63) is 57.6 Å². The van der Waals surface area contributed by atoms with Crippen LogP contribution in [0.25, 0.3) is 0 Å². The van der Waals surface area contributed by atoms with Crippen LogP contribution in [0.4, 0.5) is 0 Å². The Balaban J connectivity index is 2.30. The van der Waals surface area contributed by atoms with E-state index in [1.807, 2.05) is 0 Å². The van der Waals surface area contributed by atoms with E-state index in [2.05, 4.69) is 10.5 Å². The van der Waals surface area contributed by atoms with Crippen molar-refractivity contribution in [2.24, 2.45) is 5.10 Å². The van der Waals surface area contributed by atoms with Crippen molar-refractivity contribution in [1.82, 2.24) is 5.43 Å². The molecule has 7 heteroatoms. The normalized spacial score (nSPS) is 11.3. The Morgan fingerprint density at radius 3 is 2.52 bits per heavy atom. The summed E-state index contributed by atoms with van der Waals surface area (Å²) in [5.74, 6) is -0.873. The maximum absolute atomic E-state index is 12.0. The first-order valence-corrected chi connectivity index (χ1v) is 7.53. The number of phenolic OH excluding ortho intramolecular Hbond substituents is 2. The second-order valence-electron chi connectivity index (χ2n) is 4.65. The Kier molecular flexibility index (Phi) is 5.47. The molecule has 120 valence electrons. The SMILES string of the molecule is CC/C(=N/NC(=O)c1ccccc1O)c1cc(Cl)cc(Cl)c1O. The van der Waals surface area contributed by atoms with Gasteiger partial charge in [-0.1, -0.05) is 42.3 Å². The van der Waals surface area contributed by atoms with Crippen molar-refractivity contribution in [3.8, 4) is 11.5 Å². The highest BCUT2D eigenvalue weighted by Gasteiger charge is 2.14. The number of para-hydroxylation sites is 1. The molecule has 1 amide bonds. The van der Waals surface area contributed by atoms with Gasteiger partial charge in [-0.2, -0.15) is 5.10 Å². The van der Waals surface area contributed by atoms with Crippen LogP contribution in [0.15, 0.2) is 41.5 Å². The lowest BCUT2D eigenvalue weighted by atomic mass is 10.1. The fourth-order valence-electron chi connectivity index (χ4n) is 1.96. The fourth-order valence-corrected chi connectivity index (χ4v) is 2.45. The highest BCUT2D eigenvalue weighted by molar-refractivity contribution is 6.36. The van der Waals surface area contributed by atoms with Gasteiger partial charge in [-0.25, -0.2) is 5.43 Å². The van der Waals surface area contributed by atoms with Gasteiger partial charge in [0.15, 0.2) is 0 Å². The highest BCUT2D eigenvalue weighted by Crippen LogP contribution is 2.32. The predicted molar refractivity (Wildman–Crippen MR) is 90.5 cm³/mol. The summed E-state index contributed by atoms with van der Waals surface area (Å²) >= 11 is 11.8. The summed E-state index contributed by atoms with van der Waals surface area (Å²) in [4.78, 5) is 12.0. The van der Waals surface area contributed by atoms with E-state index in [0.29, 0.717) is 22.7 Å². The Labute approximate surface area is 143 Å². The molecule has 3 N–H and O–H groups in total. The number of hydrogen-bond donors (Lipinski definition) is 3. The summed E-state index contributed by atoms with van der Waals surface area (Å²) in [6.07, 6.45) is 0.422. The first-order chi connectivity index (χ1) is 10.9. The van der Waals surface area contributed by atoms with Crippen LogP contribution in [0, 0.1) is 0 Å². The summed E-state index contributed by atoms with van der Waals surface area (Å²) in [6.45, 7) is 1.80. The Bertz CT molecular complexity index is 776. The molecule has 0 spiro atoms. The van der Waals surface area contributed by atoms with Gasteiger partial charge in [-0.15, -0.1) is 0 Å². The number of nitrogens with zero attached hydrogens (tertiary/aromatic N) is 1. The standard InChI is InChI=1S/C16H14Cl2N2O3/c1-2-13(11-7-9(17)8-12(18)15(11)22)19-20-16(23)10-5-3-4-6-14(10)21/h3-8,21-22H,2H2,1H3,(H,20,23)/b19-13-. The molecule has 0 bridgehead atoms. The van der Waals surface area contributed by atoms with Crippen molar-refractivity contribution >= 4 is 34.8 Å². The third-order valence-corrected chi connectivity index (χ3v) is 3.62. The van der Waals surface area contributed by atoms with Gasteiger partial charge in [0.05, 0.1) is 16.3 Å². The number of carbonyl (C=O) groups excluding carboxylic acids is 1. The number of carbonyl (C=O) groups is 1. The van der Waals surface area contributed by atoms with Gasteiger partial charge in [0, 0.05) is 10.6 Å². The van der Waals surface area contributed by atoms with Crippen LogP contribution in [0.5, 0.6) is 11.5 Å². The smallest absolute Gasteiger partial charge is 0.275 e. The fraction of sp³-hybridized carbons (Fsp3) is 0.125. The van der Waals surface area contributed by atoms with Gasteiger partial charge in [0.2, 0.25) is 0 Å². The van der Waals surface area contributed by atoms with Crippen molar-refractivity contribution in [2.75, 3.05) is 0 Å². The van der Waals surface area contributed by atoms with Crippen molar-refractivity contribution in [3.63, 3.8) is 0 Å². The largest absolute Gasteiger partial charge is 0.507 e. The molecule has 0 atom stereocenters. The molecule has 2 aromatic rings. The van der Waals surface area contributed by atoms with Gasteiger partial charge < -0.3 is 10.2 Å². The maximum atomic E-state index is 12.0. The van der Waals surface area contributed by atoms with Crippen LogP contribution in [-0.2, 0) is 0 Å². The molecule has 0 saturated carbocycles. The number of amides is 1. The molecular formula is C16H14Cl2N2O3. The molecule has 0 heterocycles. The molecule has 0 fully saturated rings. The van der Waals surface area contributed by atoms with Crippen LogP contribution in [0.1, 0.15) is 29.3 Å². The molecule has 0 saturated heterocycles. The molecule has 0 aliphatic carbocycles. The molecule has 5 nitrogen and oxygen atoms in total. The molecule has 0 unspecified atom stereocenters. The third-order valence-electron chi connectivity index (χ3n) is 3.12. The number of hydrazone groups is 1. The average molecular weight is 353 g/mol. The number of nitrogens with one attached hydrogen (secondary N) is 1. The van der Waals surface area contributed by atoms with Crippen LogP contribution in [0.2, 0.25) is 10.0 Å². The van der Waals surface area contributed by atoms with Crippen LogP contribution in [0.3, 0.4) is 0 Å². The quantitative estimate of drug-likeness (QED) is 0.575. The summed E-state index contributed by atoms with van der Waals surface area (Å²) in [5.41, 5.74) is 3.18. The zero-order valence-corrected chi connectivity index (χ0v) is 13.7.